The molecule has 1 N–H and O–H groups in total. The maximum Gasteiger partial charge on any atom is 0.407 e. The number of hydrogen-bond acceptors (Lipinski definition) is 4. The maximum absolute atomic E-state index is 11.8. The Hall–Kier alpha value is -2.04. The zero-order valence-corrected chi connectivity index (χ0v) is 14.0. The number of hydrogen-bond donors (Lipinski definition) is 1. The second-order valence-corrected chi connectivity index (χ2v) is 5.48. The van der Waals surface area contributed by atoms with Gasteiger partial charge in [0.1, 0.15) is 13.2 Å². The van der Waals surface area contributed by atoms with Crippen molar-refractivity contribution in [2.24, 2.45) is 0 Å². The van der Waals surface area contributed by atoms with E-state index < -0.39 is 6.09 Å². The zero-order valence-electron chi connectivity index (χ0n) is 14.0. The first kappa shape index (κ1) is 19.0. The summed E-state index contributed by atoms with van der Waals surface area (Å²) in [5.41, 5.74) is 0.931. The molecule has 0 fully saturated rings. The van der Waals surface area contributed by atoms with E-state index in [0.29, 0.717) is 6.42 Å². The predicted octanol–water partition coefficient (Wildman–Crippen LogP) is 3.81. The summed E-state index contributed by atoms with van der Waals surface area (Å²) in [4.78, 5) is 23.4. The molecule has 0 heterocycles. The van der Waals surface area contributed by atoms with E-state index in [1.165, 1.54) is 0 Å². The summed E-state index contributed by atoms with van der Waals surface area (Å²) in [5.74, 6) is -0.215. The highest BCUT2D eigenvalue weighted by Gasteiger charge is 2.15. The molecule has 0 aliphatic rings. The summed E-state index contributed by atoms with van der Waals surface area (Å²) in [6, 6.07) is 9.28. The van der Waals surface area contributed by atoms with Crippen LogP contribution in [-0.2, 0) is 20.9 Å². The number of unbranched alkanes of at least 4 members (excludes halogenated alkanes) is 1. The van der Waals surface area contributed by atoms with Crippen LogP contribution in [0.5, 0.6) is 0 Å². The third-order valence-electron chi connectivity index (χ3n) is 3.35. The van der Waals surface area contributed by atoms with Gasteiger partial charge in [-0.3, -0.25) is 4.79 Å². The molecule has 0 aliphatic heterocycles. The number of alkyl carbamates (subject to hydrolysis) is 1. The van der Waals surface area contributed by atoms with Crippen LogP contribution in [0, 0.1) is 0 Å². The largest absolute Gasteiger partial charge is 0.463 e. The van der Waals surface area contributed by atoms with Gasteiger partial charge in [-0.2, -0.15) is 0 Å². The highest BCUT2D eigenvalue weighted by atomic mass is 16.6. The summed E-state index contributed by atoms with van der Waals surface area (Å²) in [5, 5.41) is 2.76. The Kier molecular flexibility index (Phi) is 9.52. The molecule has 0 radical (unpaired) electrons. The van der Waals surface area contributed by atoms with Gasteiger partial charge in [0.05, 0.1) is 6.04 Å². The summed E-state index contributed by atoms with van der Waals surface area (Å²) in [6.07, 6.45) is 3.34. The monoisotopic (exact) mass is 321 g/mol. The Morgan fingerprint density at radius 3 is 2.48 bits per heavy atom. The SMILES string of the molecule is CCCCC(=O)OCC(CCC)NC(=O)OCc1ccccc1. The van der Waals surface area contributed by atoms with Crippen molar-refractivity contribution in [3.63, 3.8) is 0 Å². The predicted molar refractivity (Wildman–Crippen MR) is 88.9 cm³/mol. The fourth-order valence-electron chi connectivity index (χ4n) is 2.06. The minimum atomic E-state index is -0.489. The molecule has 0 spiro atoms. The molecule has 1 amide bonds. The first-order chi connectivity index (χ1) is 11.2. The minimum Gasteiger partial charge on any atom is -0.463 e. The lowest BCUT2D eigenvalue weighted by Crippen LogP contribution is -2.39. The molecule has 23 heavy (non-hydrogen) atoms. The average molecular weight is 321 g/mol. The van der Waals surface area contributed by atoms with Crippen molar-refractivity contribution in [2.45, 2.75) is 58.6 Å². The smallest absolute Gasteiger partial charge is 0.407 e. The highest BCUT2D eigenvalue weighted by molar-refractivity contribution is 5.69. The van der Waals surface area contributed by atoms with Crippen LogP contribution in [0.3, 0.4) is 0 Å². The second-order valence-electron chi connectivity index (χ2n) is 5.48. The molecule has 1 rings (SSSR count). The van der Waals surface area contributed by atoms with E-state index in [0.717, 1.165) is 31.2 Å². The van der Waals surface area contributed by atoms with Gasteiger partial charge in [-0.15, -0.1) is 0 Å². The first-order valence-corrected chi connectivity index (χ1v) is 8.28. The van der Waals surface area contributed by atoms with Gasteiger partial charge in [-0.1, -0.05) is 57.0 Å². The van der Waals surface area contributed by atoms with Gasteiger partial charge in [-0.05, 0) is 18.4 Å². The summed E-state index contributed by atoms with van der Waals surface area (Å²) < 4.78 is 10.4. The Morgan fingerprint density at radius 1 is 1.09 bits per heavy atom. The van der Waals surface area contributed by atoms with E-state index in [-0.39, 0.29) is 25.2 Å². The van der Waals surface area contributed by atoms with Crippen LogP contribution in [0.1, 0.15) is 51.5 Å². The summed E-state index contributed by atoms with van der Waals surface area (Å²) in [6.45, 7) is 4.46. The molecule has 0 aliphatic carbocycles. The van der Waals surface area contributed by atoms with Gasteiger partial charge in [0.2, 0.25) is 0 Å². The Bertz CT molecular complexity index is 461. The fourth-order valence-corrected chi connectivity index (χ4v) is 2.06. The van der Waals surface area contributed by atoms with Crippen molar-refractivity contribution in [3.05, 3.63) is 35.9 Å². The van der Waals surface area contributed by atoms with Crippen LogP contribution in [0.25, 0.3) is 0 Å². The molecular weight excluding hydrogens is 294 g/mol. The lowest BCUT2D eigenvalue weighted by atomic mass is 10.2. The number of carbonyl (C=O) groups excluding carboxylic acids is 2. The molecule has 0 saturated carbocycles. The van der Waals surface area contributed by atoms with E-state index >= 15 is 0 Å². The van der Waals surface area contributed by atoms with Crippen LogP contribution in [-0.4, -0.2) is 24.7 Å². The van der Waals surface area contributed by atoms with Crippen LogP contribution in [0.2, 0.25) is 0 Å². The first-order valence-electron chi connectivity index (χ1n) is 8.28. The molecule has 0 bridgehead atoms. The van der Waals surface area contributed by atoms with Gasteiger partial charge in [0, 0.05) is 6.42 Å². The third kappa shape index (κ3) is 8.86. The molecular formula is C18H27NO4. The molecule has 0 saturated heterocycles. The number of esters is 1. The molecule has 1 aromatic carbocycles. The van der Waals surface area contributed by atoms with Gasteiger partial charge < -0.3 is 14.8 Å². The number of rotatable bonds is 10. The number of ether oxygens (including phenoxy) is 2. The molecule has 1 aromatic rings. The van der Waals surface area contributed by atoms with Gasteiger partial charge in [0.15, 0.2) is 0 Å². The van der Waals surface area contributed by atoms with Gasteiger partial charge in [0.25, 0.3) is 0 Å². The van der Waals surface area contributed by atoms with Crippen molar-refractivity contribution >= 4 is 12.1 Å². The fraction of sp³-hybridized carbons (Fsp3) is 0.556. The highest BCUT2D eigenvalue weighted by Crippen LogP contribution is 2.04. The number of benzene rings is 1. The standard InChI is InChI=1S/C18H27NO4/c1-3-5-12-17(20)22-14-16(9-4-2)19-18(21)23-13-15-10-7-6-8-11-15/h6-8,10-11,16H,3-5,9,12-14H2,1-2H3,(H,19,21). The molecule has 1 unspecified atom stereocenters. The number of amides is 1. The Labute approximate surface area is 138 Å². The van der Waals surface area contributed by atoms with Crippen LogP contribution >= 0.6 is 0 Å². The second kappa shape index (κ2) is 11.5. The number of nitrogens with one attached hydrogen (secondary N) is 1. The molecule has 0 aromatic heterocycles. The third-order valence-corrected chi connectivity index (χ3v) is 3.35. The van der Waals surface area contributed by atoms with Crippen LogP contribution in [0.4, 0.5) is 4.79 Å². The maximum atomic E-state index is 11.8. The molecule has 5 heteroatoms. The van der Waals surface area contributed by atoms with Crippen LogP contribution < -0.4 is 5.32 Å². The van der Waals surface area contributed by atoms with E-state index in [1.54, 1.807) is 0 Å². The molecule has 5 nitrogen and oxygen atoms in total. The van der Waals surface area contributed by atoms with Gasteiger partial charge >= 0.3 is 12.1 Å². The minimum absolute atomic E-state index is 0.191. The summed E-state index contributed by atoms with van der Waals surface area (Å²) in [7, 11) is 0. The number of carbonyl (C=O) groups is 2. The van der Waals surface area contributed by atoms with E-state index in [1.807, 2.05) is 44.2 Å². The molecule has 128 valence electrons. The van der Waals surface area contributed by atoms with Gasteiger partial charge in [-0.25, -0.2) is 4.79 Å². The topological polar surface area (TPSA) is 64.6 Å². The van der Waals surface area contributed by atoms with Crippen molar-refractivity contribution in [2.75, 3.05) is 6.61 Å². The van der Waals surface area contributed by atoms with E-state index in [4.69, 9.17) is 9.47 Å². The van der Waals surface area contributed by atoms with Crippen molar-refractivity contribution < 1.29 is 19.1 Å². The summed E-state index contributed by atoms with van der Waals surface area (Å²) >= 11 is 0. The van der Waals surface area contributed by atoms with E-state index in [9.17, 15) is 9.59 Å². The van der Waals surface area contributed by atoms with Crippen molar-refractivity contribution in [1.82, 2.24) is 5.32 Å². The zero-order chi connectivity index (χ0) is 16.9. The normalized spacial score (nSPS) is 11.6. The average Bonchev–Trinajstić information content (AvgIpc) is 2.57. The molecule has 1 atom stereocenters. The quantitative estimate of drug-likeness (QED) is 0.665. The lowest BCUT2D eigenvalue weighted by molar-refractivity contribution is -0.144. The van der Waals surface area contributed by atoms with Crippen molar-refractivity contribution in [1.29, 1.82) is 0 Å². The Morgan fingerprint density at radius 2 is 1.83 bits per heavy atom. The van der Waals surface area contributed by atoms with E-state index in [2.05, 4.69) is 5.32 Å². The van der Waals surface area contributed by atoms with Crippen molar-refractivity contribution in [3.8, 4) is 0 Å². The van der Waals surface area contributed by atoms with Crippen LogP contribution in [0.15, 0.2) is 30.3 Å². The Balaban J connectivity index is 2.33. The lowest BCUT2D eigenvalue weighted by Gasteiger charge is -2.18.